The maximum atomic E-state index is 12.4. The molecule has 0 aliphatic carbocycles. The minimum Gasteiger partial charge on any atom is -0.493 e. The first-order valence-electron chi connectivity index (χ1n) is 8.31. The van der Waals surface area contributed by atoms with Gasteiger partial charge in [0.05, 0.1) is 35.8 Å². The highest BCUT2D eigenvalue weighted by Crippen LogP contribution is 2.33. The van der Waals surface area contributed by atoms with Gasteiger partial charge in [-0.1, -0.05) is 23.5 Å². The highest BCUT2D eigenvalue weighted by Gasteiger charge is 2.12. The Balaban J connectivity index is 1.91. The summed E-state index contributed by atoms with van der Waals surface area (Å²) in [6, 6.07) is 9.95. The lowest BCUT2D eigenvalue weighted by Gasteiger charge is -2.07. The highest BCUT2D eigenvalue weighted by molar-refractivity contribution is 7.90. The quantitative estimate of drug-likeness (QED) is 0.632. The Hall–Kier alpha value is -2.65. The maximum absolute atomic E-state index is 12.4. The van der Waals surface area contributed by atoms with Crippen LogP contribution in [-0.2, 0) is 28.1 Å². The van der Waals surface area contributed by atoms with Gasteiger partial charge in [-0.05, 0) is 17.7 Å². The molecule has 1 aromatic heterocycles. The highest BCUT2D eigenvalue weighted by atomic mass is 32.2. The van der Waals surface area contributed by atoms with Gasteiger partial charge in [-0.2, -0.15) is 4.99 Å². The molecule has 0 N–H and O–H groups in total. The molecule has 28 heavy (non-hydrogen) atoms. The number of aryl methyl sites for hydroxylation is 1. The van der Waals surface area contributed by atoms with Crippen molar-refractivity contribution < 1.29 is 22.7 Å². The van der Waals surface area contributed by atoms with Crippen LogP contribution in [-0.4, -0.2) is 39.4 Å². The van der Waals surface area contributed by atoms with Gasteiger partial charge in [0.15, 0.2) is 26.1 Å². The molecule has 9 heteroatoms. The lowest BCUT2D eigenvalue weighted by molar-refractivity contribution is -0.117. The summed E-state index contributed by atoms with van der Waals surface area (Å²) in [4.78, 5) is 17.4. The van der Waals surface area contributed by atoms with Gasteiger partial charge in [-0.3, -0.25) is 4.79 Å². The summed E-state index contributed by atoms with van der Waals surface area (Å²) in [5, 5.41) is 0. The predicted octanol–water partition coefficient (Wildman–Crippen LogP) is 2.33. The topological polar surface area (TPSA) is 87.0 Å². The summed E-state index contributed by atoms with van der Waals surface area (Å²) in [6.07, 6.45) is 1.23. The SMILES string of the molecule is COc1cc2sc(=NC(=O)Cc3ccc(S(C)(=O)=O)cc3)n(C)c2cc1OC. The number of hydrogen-bond acceptors (Lipinski definition) is 6. The second kappa shape index (κ2) is 7.76. The fraction of sp³-hybridized carbons (Fsp3) is 0.263. The van der Waals surface area contributed by atoms with E-state index in [-0.39, 0.29) is 17.2 Å². The first-order valence-corrected chi connectivity index (χ1v) is 11.0. The molecular formula is C19H20N2O5S2. The van der Waals surface area contributed by atoms with Crippen LogP contribution >= 0.6 is 11.3 Å². The zero-order chi connectivity index (χ0) is 20.5. The number of rotatable bonds is 5. The van der Waals surface area contributed by atoms with E-state index < -0.39 is 9.84 Å². The van der Waals surface area contributed by atoms with Gasteiger partial charge in [0.1, 0.15) is 0 Å². The van der Waals surface area contributed by atoms with Gasteiger partial charge < -0.3 is 14.0 Å². The number of ether oxygens (including phenoxy) is 2. The van der Waals surface area contributed by atoms with Gasteiger partial charge in [0, 0.05) is 25.4 Å². The summed E-state index contributed by atoms with van der Waals surface area (Å²) in [7, 11) is 1.71. The third kappa shape index (κ3) is 4.10. The molecule has 1 amide bonds. The first kappa shape index (κ1) is 20.1. The minimum atomic E-state index is -3.26. The van der Waals surface area contributed by atoms with Crippen molar-refractivity contribution in [3.63, 3.8) is 0 Å². The van der Waals surface area contributed by atoms with Gasteiger partial charge in [-0.15, -0.1) is 0 Å². The Bertz CT molecular complexity index is 1210. The number of nitrogens with zero attached hydrogens (tertiary/aromatic N) is 2. The molecular weight excluding hydrogens is 400 g/mol. The Morgan fingerprint density at radius 3 is 2.29 bits per heavy atom. The van der Waals surface area contributed by atoms with Gasteiger partial charge in [0.2, 0.25) is 0 Å². The molecule has 0 atom stereocenters. The Morgan fingerprint density at radius 1 is 1.11 bits per heavy atom. The van der Waals surface area contributed by atoms with E-state index in [9.17, 15) is 13.2 Å². The van der Waals surface area contributed by atoms with Crippen LogP contribution in [0, 0.1) is 0 Å². The number of methoxy groups -OCH3 is 2. The molecule has 0 unspecified atom stereocenters. The normalized spacial score (nSPS) is 12.4. The number of benzene rings is 2. The van der Waals surface area contributed by atoms with Gasteiger partial charge in [-0.25, -0.2) is 8.42 Å². The molecule has 0 spiro atoms. The first-order chi connectivity index (χ1) is 13.2. The van der Waals surface area contributed by atoms with Crippen LogP contribution in [0.1, 0.15) is 5.56 Å². The van der Waals surface area contributed by atoms with Crippen LogP contribution in [0.15, 0.2) is 46.3 Å². The predicted molar refractivity (Wildman–Crippen MR) is 108 cm³/mol. The number of amides is 1. The molecule has 1 heterocycles. The molecule has 0 saturated heterocycles. The Kier molecular flexibility index (Phi) is 5.57. The van der Waals surface area contributed by atoms with Crippen molar-refractivity contribution in [1.29, 1.82) is 0 Å². The second-order valence-corrected chi connectivity index (χ2v) is 9.24. The number of sulfone groups is 1. The van der Waals surface area contributed by atoms with E-state index in [1.807, 2.05) is 23.7 Å². The van der Waals surface area contributed by atoms with Crippen LogP contribution in [0.25, 0.3) is 10.2 Å². The average molecular weight is 421 g/mol. The lowest BCUT2D eigenvalue weighted by atomic mass is 10.1. The summed E-state index contributed by atoms with van der Waals surface area (Å²) in [5.74, 6) is 0.904. The fourth-order valence-electron chi connectivity index (χ4n) is 2.74. The second-order valence-electron chi connectivity index (χ2n) is 6.22. The molecule has 3 aromatic rings. The number of carbonyl (C=O) groups is 1. The largest absolute Gasteiger partial charge is 0.493 e. The van der Waals surface area contributed by atoms with Gasteiger partial charge >= 0.3 is 0 Å². The van der Waals surface area contributed by atoms with E-state index >= 15 is 0 Å². The standard InChI is InChI=1S/C19H20N2O5S2/c1-21-14-10-15(25-2)16(26-3)11-17(14)27-19(21)20-18(22)9-12-5-7-13(8-6-12)28(4,23)24/h5-8,10-11H,9H2,1-4H3. The third-order valence-electron chi connectivity index (χ3n) is 4.24. The number of aromatic nitrogens is 1. The van der Waals surface area contributed by atoms with Crippen molar-refractivity contribution >= 4 is 37.3 Å². The van der Waals surface area contributed by atoms with Crippen molar-refractivity contribution in [2.75, 3.05) is 20.5 Å². The summed E-state index contributed by atoms with van der Waals surface area (Å²) in [5.41, 5.74) is 1.58. The Morgan fingerprint density at radius 2 is 1.71 bits per heavy atom. The van der Waals surface area contributed by atoms with E-state index in [1.54, 1.807) is 26.4 Å². The summed E-state index contributed by atoms with van der Waals surface area (Å²) < 4.78 is 36.4. The fourth-order valence-corrected chi connectivity index (χ4v) is 4.41. The van der Waals surface area contributed by atoms with Crippen LogP contribution < -0.4 is 14.3 Å². The van der Waals surface area contributed by atoms with Gasteiger partial charge in [0.25, 0.3) is 5.91 Å². The van der Waals surface area contributed by atoms with E-state index in [1.165, 1.54) is 23.5 Å². The third-order valence-corrected chi connectivity index (χ3v) is 6.46. The van der Waals surface area contributed by atoms with Crippen molar-refractivity contribution in [3.8, 4) is 11.5 Å². The number of hydrogen-bond donors (Lipinski definition) is 0. The molecule has 7 nitrogen and oxygen atoms in total. The smallest absolute Gasteiger partial charge is 0.252 e. The zero-order valence-corrected chi connectivity index (χ0v) is 17.6. The van der Waals surface area contributed by atoms with Crippen molar-refractivity contribution in [2.45, 2.75) is 11.3 Å². The zero-order valence-electron chi connectivity index (χ0n) is 15.9. The number of carbonyl (C=O) groups excluding carboxylic acids is 1. The van der Waals surface area contributed by atoms with Crippen LogP contribution in [0.5, 0.6) is 11.5 Å². The van der Waals surface area contributed by atoms with E-state index in [0.717, 1.165) is 16.5 Å². The minimum absolute atomic E-state index is 0.0882. The molecule has 3 rings (SSSR count). The van der Waals surface area contributed by atoms with E-state index in [4.69, 9.17) is 9.47 Å². The molecule has 0 aliphatic heterocycles. The molecule has 0 saturated carbocycles. The summed E-state index contributed by atoms with van der Waals surface area (Å²) >= 11 is 1.38. The molecule has 0 fully saturated rings. The lowest BCUT2D eigenvalue weighted by Crippen LogP contribution is -2.14. The van der Waals surface area contributed by atoms with E-state index in [2.05, 4.69) is 4.99 Å². The van der Waals surface area contributed by atoms with Crippen molar-refractivity contribution in [1.82, 2.24) is 4.57 Å². The Labute approximate surface area is 166 Å². The average Bonchev–Trinajstić information content (AvgIpc) is 2.95. The van der Waals surface area contributed by atoms with Crippen LogP contribution in [0.3, 0.4) is 0 Å². The monoisotopic (exact) mass is 420 g/mol. The number of thiazole rings is 1. The van der Waals surface area contributed by atoms with Crippen molar-refractivity contribution in [3.05, 3.63) is 46.8 Å². The van der Waals surface area contributed by atoms with Crippen molar-refractivity contribution in [2.24, 2.45) is 12.0 Å². The van der Waals surface area contributed by atoms with Crippen LogP contribution in [0.2, 0.25) is 0 Å². The molecule has 2 aromatic carbocycles. The van der Waals surface area contributed by atoms with E-state index in [0.29, 0.717) is 21.9 Å². The summed E-state index contributed by atoms with van der Waals surface area (Å²) in [6.45, 7) is 0. The number of fused-ring (bicyclic) bond motifs is 1. The van der Waals surface area contributed by atoms with Crippen LogP contribution in [0.4, 0.5) is 0 Å². The molecule has 0 radical (unpaired) electrons. The molecule has 148 valence electrons. The molecule has 0 bridgehead atoms. The molecule has 0 aliphatic rings. The maximum Gasteiger partial charge on any atom is 0.252 e.